The van der Waals surface area contributed by atoms with Gasteiger partial charge >= 0.3 is 0 Å². The molecule has 0 unspecified atom stereocenters. The summed E-state index contributed by atoms with van der Waals surface area (Å²) < 4.78 is 0. The molecule has 2 heteroatoms. The Balaban J connectivity index is 1.93. The number of halogens is 1. The van der Waals surface area contributed by atoms with Crippen LogP contribution in [-0.4, -0.2) is 6.21 Å². The number of rotatable bonds is 4. The Kier molecular flexibility index (Phi) is 4.54. The van der Waals surface area contributed by atoms with Crippen LogP contribution in [0.25, 0.3) is 0 Å². The first kappa shape index (κ1) is 12.8. The highest BCUT2D eigenvalue weighted by atomic mass is 35.5. The van der Waals surface area contributed by atoms with Gasteiger partial charge in [-0.15, -0.1) is 0 Å². The maximum atomic E-state index is 5.84. The fourth-order valence-corrected chi connectivity index (χ4v) is 1.88. The average Bonchev–Trinajstić information content (AvgIpc) is 2.42. The SMILES string of the molecule is C[C@@H](N=CCc1ccc(Cl)cc1)c1ccccc1. The third-order valence-electron chi connectivity index (χ3n) is 2.85. The van der Waals surface area contributed by atoms with Crippen LogP contribution in [0.2, 0.25) is 5.02 Å². The van der Waals surface area contributed by atoms with Gasteiger partial charge in [-0.05, 0) is 30.2 Å². The molecule has 0 bridgehead atoms. The summed E-state index contributed by atoms with van der Waals surface area (Å²) in [5.74, 6) is 0. The maximum Gasteiger partial charge on any atom is 0.0717 e. The van der Waals surface area contributed by atoms with Crippen LogP contribution < -0.4 is 0 Å². The van der Waals surface area contributed by atoms with Gasteiger partial charge < -0.3 is 0 Å². The second kappa shape index (κ2) is 6.36. The molecule has 0 saturated carbocycles. The Bertz CT molecular complexity index is 502. The van der Waals surface area contributed by atoms with Crippen molar-refractivity contribution in [1.82, 2.24) is 0 Å². The van der Waals surface area contributed by atoms with Crippen molar-refractivity contribution in [2.24, 2.45) is 4.99 Å². The molecule has 0 N–H and O–H groups in total. The van der Waals surface area contributed by atoms with E-state index in [1.807, 2.05) is 48.7 Å². The van der Waals surface area contributed by atoms with E-state index in [9.17, 15) is 0 Å². The van der Waals surface area contributed by atoms with E-state index in [2.05, 4.69) is 24.0 Å². The number of hydrogen-bond donors (Lipinski definition) is 0. The first-order valence-electron chi connectivity index (χ1n) is 6.07. The van der Waals surface area contributed by atoms with Crippen molar-refractivity contribution in [3.05, 3.63) is 70.7 Å². The predicted octanol–water partition coefficient (Wildman–Crippen LogP) is 4.71. The molecular weight excluding hydrogens is 242 g/mol. The fourth-order valence-electron chi connectivity index (χ4n) is 1.75. The molecule has 2 rings (SSSR count). The van der Waals surface area contributed by atoms with Crippen LogP contribution in [0.1, 0.15) is 24.1 Å². The van der Waals surface area contributed by atoms with Crippen LogP contribution in [-0.2, 0) is 6.42 Å². The van der Waals surface area contributed by atoms with Gasteiger partial charge in [-0.1, -0.05) is 54.1 Å². The van der Waals surface area contributed by atoms with Gasteiger partial charge in [0.15, 0.2) is 0 Å². The molecule has 0 aliphatic carbocycles. The first-order chi connectivity index (χ1) is 8.75. The number of hydrogen-bond acceptors (Lipinski definition) is 1. The minimum absolute atomic E-state index is 0.207. The van der Waals surface area contributed by atoms with Gasteiger partial charge in [0.25, 0.3) is 0 Å². The summed E-state index contributed by atoms with van der Waals surface area (Å²) in [7, 11) is 0. The zero-order valence-corrected chi connectivity index (χ0v) is 11.1. The van der Waals surface area contributed by atoms with Crippen molar-refractivity contribution in [1.29, 1.82) is 0 Å². The zero-order chi connectivity index (χ0) is 12.8. The Morgan fingerprint density at radius 2 is 1.72 bits per heavy atom. The van der Waals surface area contributed by atoms with Crippen LogP contribution in [0.4, 0.5) is 0 Å². The van der Waals surface area contributed by atoms with Crippen molar-refractivity contribution in [2.45, 2.75) is 19.4 Å². The Morgan fingerprint density at radius 1 is 1.06 bits per heavy atom. The highest BCUT2D eigenvalue weighted by Gasteiger charge is 1.99. The minimum atomic E-state index is 0.207. The Labute approximate surface area is 113 Å². The summed E-state index contributed by atoms with van der Waals surface area (Å²) in [5, 5.41) is 0.772. The van der Waals surface area contributed by atoms with Crippen LogP contribution in [0.15, 0.2) is 59.6 Å². The molecule has 1 nitrogen and oxygen atoms in total. The molecule has 1 atom stereocenters. The van der Waals surface area contributed by atoms with E-state index >= 15 is 0 Å². The molecular formula is C16H16ClN. The monoisotopic (exact) mass is 257 g/mol. The molecule has 0 spiro atoms. The molecule has 92 valence electrons. The minimum Gasteiger partial charge on any atom is -0.289 e. The first-order valence-corrected chi connectivity index (χ1v) is 6.44. The summed E-state index contributed by atoms with van der Waals surface area (Å²) >= 11 is 5.84. The molecule has 18 heavy (non-hydrogen) atoms. The highest BCUT2D eigenvalue weighted by molar-refractivity contribution is 6.30. The normalized spacial score (nSPS) is 12.8. The molecule has 2 aromatic rings. The third-order valence-corrected chi connectivity index (χ3v) is 3.10. The smallest absolute Gasteiger partial charge is 0.0717 e. The summed E-state index contributed by atoms with van der Waals surface area (Å²) in [6.07, 6.45) is 2.81. The summed E-state index contributed by atoms with van der Waals surface area (Å²) in [6.45, 7) is 2.10. The second-order valence-corrected chi connectivity index (χ2v) is 4.69. The number of aliphatic imine (C=N–C) groups is 1. The van der Waals surface area contributed by atoms with Gasteiger partial charge in [0.05, 0.1) is 6.04 Å². The van der Waals surface area contributed by atoms with Gasteiger partial charge in [-0.3, -0.25) is 4.99 Å². The van der Waals surface area contributed by atoms with Crippen LogP contribution in [0, 0.1) is 0 Å². The van der Waals surface area contributed by atoms with Gasteiger partial charge in [-0.2, -0.15) is 0 Å². The lowest BCUT2D eigenvalue weighted by molar-refractivity contribution is 0.822. The molecule has 2 aromatic carbocycles. The Hall–Kier alpha value is -1.60. The lowest BCUT2D eigenvalue weighted by Gasteiger charge is -2.05. The van der Waals surface area contributed by atoms with Crippen LogP contribution >= 0.6 is 11.6 Å². The second-order valence-electron chi connectivity index (χ2n) is 4.25. The molecule has 0 fully saturated rings. The quantitative estimate of drug-likeness (QED) is 0.703. The van der Waals surface area contributed by atoms with E-state index in [-0.39, 0.29) is 6.04 Å². The average molecular weight is 258 g/mol. The van der Waals surface area contributed by atoms with Crippen LogP contribution in [0.3, 0.4) is 0 Å². The summed E-state index contributed by atoms with van der Waals surface area (Å²) in [4.78, 5) is 4.55. The topological polar surface area (TPSA) is 12.4 Å². The molecule has 0 radical (unpaired) electrons. The number of benzene rings is 2. The molecule has 0 aliphatic heterocycles. The maximum absolute atomic E-state index is 5.84. The van der Waals surface area contributed by atoms with Crippen molar-refractivity contribution in [3.63, 3.8) is 0 Å². The third kappa shape index (κ3) is 3.71. The van der Waals surface area contributed by atoms with Crippen molar-refractivity contribution in [3.8, 4) is 0 Å². The molecule has 0 saturated heterocycles. The fraction of sp³-hybridized carbons (Fsp3) is 0.188. The molecule has 0 amide bonds. The predicted molar refractivity (Wildman–Crippen MR) is 78.5 cm³/mol. The van der Waals surface area contributed by atoms with Gasteiger partial charge in [0, 0.05) is 17.7 Å². The van der Waals surface area contributed by atoms with Crippen molar-refractivity contribution in [2.75, 3.05) is 0 Å². The molecule has 0 aliphatic rings. The molecule has 0 heterocycles. The van der Waals surface area contributed by atoms with Crippen molar-refractivity contribution >= 4 is 17.8 Å². The van der Waals surface area contributed by atoms with Gasteiger partial charge in [0.1, 0.15) is 0 Å². The van der Waals surface area contributed by atoms with Crippen LogP contribution in [0.5, 0.6) is 0 Å². The van der Waals surface area contributed by atoms with E-state index in [0.29, 0.717) is 0 Å². The summed E-state index contributed by atoms with van der Waals surface area (Å²) in [5.41, 5.74) is 2.47. The van der Waals surface area contributed by atoms with E-state index in [1.165, 1.54) is 11.1 Å². The zero-order valence-electron chi connectivity index (χ0n) is 10.4. The van der Waals surface area contributed by atoms with Gasteiger partial charge in [0.2, 0.25) is 0 Å². The highest BCUT2D eigenvalue weighted by Crippen LogP contribution is 2.15. The standard InChI is InChI=1S/C16H16ClN/c1-13(15-5-3-2-4-6-15)18-12-11-14-7-9-16(17)10-8-14/h2-10,12-13H,11H2,1H3/t13-/m1/s1. The summed E-state index contributed by atoms with van der Waals surface area (Å²) in [6, 6.07) is 18.4. The van der Waals surface area contributed by atoms with Crippen molar-refractivity contribution < 1.29 is 0 Å². The van der Waals surface area contributed by atoms with E-state index in [0.717, 1.165) is 11.4 Å². The van der Waals surface area contributed by atoms with E-state index < -0.39 is 0 Å². The molecule has 0 aromatic heterocycles. The van der Waals surface area contributed by atoms with Gasteiger partial charge in [-0.25, -0.2) is 0 Å². The van der Waals surface area contributed by atoms with E-state index in [1.54, 1.807) is 0 Å². The largest absolute Gasteiger partial charge is 0.289 e. The Morgan fingerprint density at radius 3 is 2.39 bits per heavy atom. The lowest BCUT2D eigenvalue weighted by Crippen LogP contribution is -1.92. The number of nitrogens with zero attached hydrogens (tertiary/aromatic N) is 1. The lowest BCUT2D eigenvalue weighted by atomic mass is 10.1. The van der Waals surface area contributed by atoms with E-state index in [4.69, 9.17) is 11.6 Å².